The summed E-state index contributed by atoms with van der Waals surface area (Å²) in [6, 6.07) is 0. The minimum absolute atomic E-state index is 0. The molecule has 0 aromatic rings. The van der Waals surface area contributed by atoms with Gasteiger partial charge in [0.1, 0.15) is 0 Å². The molecule has 0 radical (unpaired) electrons. The van der Waals surface area contributed by atoms with Gasteiger partial charge in [-0.25, -0.2) is 0 Å². The molecule has 0 aliphatic rings. The molecule has 0 aliphatic carbocycles. The zero-order valence-electron chi connectivity index (χ0n) is 2.50. The third kappa shape index (κ3) is 38.1. The van der Waals surface area contributed by atoms with Crippen LogP contribution in [0.1, 0.15) is 0 Å². The molecule has 8 N–H and O–H groups in total. The number of hydrogen-bond donors (Lipinski definition) is 0. The number of rotatable bonds is 0. The molecule has 0 saturated heterocycles. The first-order chi connectivity index (χ1) is 0. The van der Waals surface area contributed by atoms with Crippen LogP contribution in [0, 0.1) is 39.9 Å². The molecule has 0 rings (SSSR count). The molecule has 0 fully saturated rings. The van der Waals surface area contributed by atoms with Crippen LogP contribution in [0.2, 0.25) is 0 Å². The Morgan fingerprint density at radius 3 is 0.400 bits per heavy atom. The second kappa shape index (κ2) is 66.0. The maximum Gasteiger partial charge on any atom is 2.00 e. The van der Waals surface area contributed by atoms with Gasteiger partial charge in [0, 0.05) is 0 Å². The van der Waals surface area contributed by atoms with Crippen molar-refractivity contribution in [3.05, 3.63) is 0 Å². The van der Waals surface area contributed by atoms with Crippen LogP contribution in [-0.4, -0.2) is 21.9 Å². The fraction of sp³-hybridized carbons (Fsp3) is 0. The molecule has 0 spiro atoms. The van der Waals surface area contributed by atoms with Crippen LogP contribution in [0.5, 0.6) is 0 Å². The van der Waals surface area contributed by atoms with E-state index in [0.717, 1.165) is 0 Å². The van der Waals surface area contributed by atoms with E-state index >= 15 is 0 Å². The van der Waals surface area contributed by atoms with Crippen molar-refractivity contribution in [2.75, 3.05) is 0 Å². The van der Waals surface area contributed by atoms with E-state index in [1.807, 2.05) is 0 Å². The van der Waals surface area contributed by atoms with Gasteiger partial charge in [0.05, 0.1) is 0 Å². The summed E-state index contributed by atoms with van der Waals surface area (Å²) in [5.74, 6) is 0. The van der Waals surface area contributed by atoms with E-state index in [0.29, 0.717) is 0 Å². The minimum Gasteiger partial charge on any atom is -0.412 e. The summed E-state index contributed by atoms with van der Waals surface area (Å²) in [5, 5.41) is 0. The topological polar surface area (TPSA) is 126 Å². The maximum atomic E-state index is 0. The Bertz CT molecular complexity index is 3.61. The Balaban J connectivity index is 0. The van der Waals surface area contributed by atoms with E-state index in [4.69, 9.17) is 0 Å². The Labute approximate surface area is 61.5 Å². The first kappa shape index (κ1) is 121. The molecule has 0 heterocycles. The molecule has 0 bridgehead atoms. The first-order valence-corrected chi connectivity index (χ1v) is 0. The average molecular weight is 304 g/mol. The zero-order chi connectivity index (χ0) is 0. The molecule has 0 saturated carbocycles. The SMILES string of the molecule is O.O.O.O.[Th+2]. The van der Waals surface area contributed by atoms with Gasteiger partial charge in [0.25, 0.3) is 0 Å². The van der Waals surface area contributed by atoms with Crippen molar-refractivity contribution in [3.63, 3.8) is 0 Å². The van der Waals surface area contributed by atoms with Gasteiger partial charge in [0.2, 0.25) is 0 Å². The predicted octanol–water partition coefficient (Wildman–Crippen LogP) is -3.30. The summed E-state index contributed by atoms with van der Waals surface area (Å²) >= 11 is 0. The van der Waals surface area contributed by atoms with E-state index in [1.165, 1.54) is 0 Å². The smallest absolute Gasteiger partial charge is 0.412 e. The standard InChI is InChI=1S/4H2O.Th/h4*1H2;/q;;;;+2. The minimum atomic E-state index is 0. The van der Waals surface area contributed by atoms with Crippen LogP contribution in [0.3, 0.4) is 0 Å². The van der Waals surface area contributed by atoms with Crippen molar-refractivity contribution in [2.24, 2.45) is 0 Å². The van der Waals surface area contributed by atoms with Gasteiger partial charge in [-0.1, -0.05) is 0 Å². The normalized spacial score (nSPS) is 0. The van der Waals surface area contributed by atoms with Crippen LogP contribution < -0.4 is 0 Å². The van der Waals surface area contributed by atoms with Crippen molar-refractivity contribution in [1.29, 1.82) is 0 Å². The molecule has 0 atom stereocenters. The monoisotopic (exact) mass is 304 g/mol. The molecular weight excluding hydrogens is 296 g/mol. The Hall–Kier alpha value is 1.16. The molecule has 4 nitrogen and oxygen atoms in total. The van der Waals surface area contributed by atoms with Crippen LogP contribution in [-0.2, 0) is 0 Å². The van der Waals surface area contributed by atoms with Crippen LogP contribution in [0.15, 0.2) is 0 Å². The number of hydrogen-bond acceptors (Lipinski definition) is 0. The summed E-state index contributed by atoms with van der Waals surface area (Å²) < 4.78 is 0. The van der Waals surface area contributed by atoms with Gasteiger partial charge < -0.3 is 21.9 Å². The molecular formula is H8O4Th+2. The molecule has 0 amide bonds. The second-order valence-electron chi connectivity index (χ2n) is 0. The van der Waals surface area contributed by atoms with Gasteiger partial charge in [-0.3, -0.25) is 0 Å². The Kier molecular flexibility index (Phi) is 1600. The van der Waals surface area contributed by atoms with E-state index in [-0.39, 0.29) is 61.8 Å². The van der Waals surface area contributed by atoms with Crippen molar-refractivity contribution < 1.29 is 61.8 Å². The fourth-order valence-electron chi connectivity index (χ4n) is 0. The van der Waals surface area contributed by atoms with E-state index in [1.54, 1.807) is 0 Å². The van der Waals surface area contributed by atoms with Crippen LogP contribution in [0.4, 0.5) is 0 Å². The quantitative estimate of drug-likeness (QED) is 0.444. The van der Waals surface area contributed by atoms with E-state index in [9.17, 15) is 0 Å². The molecule has 0 aromatic heterocycles. The van der Waals surface area contributed by atoms with Gasteiger partial charge in [-0.2, -0.15) is 0 Å². The summed E-state index contributed by atoms with van der Waals surface area (Å²) in [6.45, 7) is 0. The van der Waals surface area contributed by atoms with Crippen LogP contribution in [0.25, 0.3) is 0 Å². The van der Waals surface area contributed by atoms with Gasteiger partial charge in [0.15, 0.2) is 0 Å². The predicted molar refractivity (Wildman–Crippen MR) is 14.5 cm³/mol. The molecule has 34 valence electrons. The van der Waals surface area contributed by atoms with Crippen molar-refractivity contribution in [1.82, 2.24) is 0 Å². The average Bonchev–Trinajstić information content (AvgIpc) is 0. The third-order valence-electron chi connectivity index (χ3n) is 0. The summed E-state index contributed by atoms with van der Waals surface area (Å²) in [5.41, 5.74) is 0. The zero-order valence-corrected chi connectivity index (χ0v) is 6.61. The molecule has 0 aliphatic heterocycles. The summed E-state index contributed by atoms with van der Waals surface area (Å²) in [7, 11) is 0. The molecule has 0 aromatic carbocycles. The van der Waals surface area contributed by atoms with Gasteiger partial charge in [-0.15, -0.1) is 0 Å². The van der Waals surface area contributed by atoms with Crippen LogP contribution >= 0.6 is 0 Å². The second-order valence-corrected chi connectivity index (χ2v) is 0. The maximum absolute atomic E-state index is 0. The first-order valence-electron chi connectivity index (χ1n) is 0. The van der Waals surface area contributed by atoms with Crippen molar-refractivity contribution >= 4 is 0 Å². The van der Waals surface area contributed by atoms with Crippen molar-refractivity contribution in [3.8, 4) is 0 Å². The Morgan fingerprint density at radius 2 is 0.400 bits per heavy atom. The molecule has 5 heavy (non-hydrogen) atoms. The molecule has 5 heteroatoms. The fourth-order valence-corrected chi connectivity index (χ4v) is 0. The van der Waals surface area contributed by atoms with E-state index in [2.05, 4.69) is 0 Å². The summed E-state index contributed by atoms with van der Waals surface area (Å²) in [6.07, 6.45) is 0. The third-order valence-corrected chi connectivity index (χ3v) is 0. The molecule has 0 unspecified atom stereocenters. The van der Waals surface area contributed by atoms with Gasteiger partial charge >= 0.3 is 39.9 Å². The Morgan fingerprint density at radius 1 is 0.400 bits per heavy atom. The van der Waals surface area contributed by atoms with Crippen molar-refractivity contribution in [2.45, 2.75) is 0 Å². The van der Waals surface area contributed by atoms with E-state index < -0.39 is 0 Å². The van der Waals surface area contributed by atoms with Gasteiger partial charge in [-0.05, 0) is 0 Å². The summed E-state index contributed by atoms with van der Waals surface area (Å²) in [4.78, 5) is 0. The largest absolute Gasteiger partial charge is 2.00 e.